The molecule has 0 N–H and O–H groups in total. The van der Waals surface area contributed by atoms with E-state index in [1.807, 2.05) is 16.2 Å². The summed E-state index contributed by atoms with van der Waals surface area (Å²) < 4.78 is 1.38. The van der Waals surface area contributed by atoms with Gasteiger partial charge in [0, 0.05) is 62.0 Å². The number of hydrogen-bond acceptors (Lipinski definition) is 4. The van der Waals surface area contributed by atoms with E-state index in [0.29, 0.717) is 0 Å². The number of benzene rings is 1. The van der Waals surface area contributed by atoms with Gasteiger partial charge in [-0.15, -0.1) is 11.3 Å². The summed E-state index contributed by atoms with van der Waals surface area (Å²) in [6.07, 6.45) is 2.27. The van der Waals surface area contributed by atoms with Gasteiger partial charge in [-0.25, -0.2) is 0 Å². The van der Waals surface area contributed by atoms with Gasteiger partial charge in [0.05, 0.1) is 0 Å². The first-order valence-corrected chi connectivity index (χ1v) is 10.3. The first-order chi connectivity index (χ1) is 12.2. The zero-order valence-electron chi connectivity index (χ0n) is 15.4. The van der Waals surface area contributed by atoms with E-state index in [4.69, 9.17) is 0 Å². The first-order valence-electron chi connectivity index (χ1n) is 9.38. The van der Waals surface area contributed by atoms with E-state index in [-0.39, 0.29) is 5.91 Å². The molecule has 2 heterocycles. The van der Waals surface area contributed by atoms with Gasteiger partial charge < -0.3 is 9.80 Å². The summed E-state index contributed by atoms with van der Waals surface area (Å²) in [5, 5.41) is 3.58. The van der Waals surface area contributed by atoms with Crippen molar-refractivity contribution in [2.24, 2.45) is 0 Å². The molecule has 1 fully saturated rings. The third kappa shape index (κ3) is 4.53. The van der Waals surface area contributed by atoms with Gasteiger partial charge in [0.1, 0.15) is 0 Å². The lowest BCUT2D eigenvalue weighted by Gasteiger charge is -2.36. The predicted molar refractivity (Wildman–Crippen MR) is 108 cm³/mol. The molecular formula is C20H29N3OS. The number of fused-ring (bicyclic) bond motifs is 1. The Balaban J connectivity index is 1.43. The summed E-state index contributed by atoms with van der Waals surface area (Å²) in [7, 11) is 0. The summed E-state index contributed by atoms with van der Waals surface area (Å²) in [5.74, 6) is 0.193. The van der Waals surface area contributed by atoms with Crippen molar-refractivity contribution in [3.8, 4) is 0 Å². The molecule has 0 unspecified atom stereocenters. The molecular weight excluding hydrogens is 330 g/mol. The monoisotopic (exact) mass is 359 g/mol. The van der Waals surface area contributed by atoms with Crippen molar-refractivity contribution in [1.82, 2.24) is 9.80 Å². The lowest BCUT2D eigenvalue weighted by molar-refractivity contribution is -0.128. The number of carbonyl (C=O) groups is 1. The summed E-state index contributed by atoms with van der Waals surface area (Å²) in [6, 6.07) is 8.89. The number of rotatable bonds is 7. The van der Waals surface area contributed by atoms with Crippen LogP contribution in [-0.4, -0.2) is 61.5 Å². The molecule has 0 aliphatic carbocycles. The van der Waals surface area contributed by atoms with E-state index in [0.717, 1.165) is 52.2 Å². The minimum absolute atomic E-state index is 0.193. The highest BCUT2D eigenvalue weighted by atomic mass is 32.1. The third-order valence-electron chi connectivity index (χ3n) is 5.17. The van der Waals surface area contributed by atoms with E-state index in [2.05, 4.69) is 46.4 Å². The van der Waals surface area contributed by atoms with Crippen LogP contribution in [0.2, 0.25) is 0 Å². The van der Waals surface area contributed by atoms with Crippen LogP contribution in [0.15, 0.2) is 29.6 Å². The molecule has 1 aromatic heterocycles. The highest BCUT2D eigenvalue weighted by Gasteiger charge is 2.18. The summed E-state index contributed by atoms with van der Waals surface area (Å²) in [6.45, 7) is 11.0. The van der Waals surface area contributed by atoms with Crippen molar-refractivity contribution >= 4 is 33.0 Å². The van der Waals surface area contributed by atoms with Crippen molar-refractivity contribution < 1.29 is 4.79 Å². The topological polar surface area (TPSA) is 26.8 Å². The maximum Gasteiger partial charge on any atom is 0.219 e. The van der Waals surface area contributed by atoms with Gasteiger partial charge in [0.15, 0.2) is 0 Å². The van der Waals surface area contributed by atoms with Crippen LogP contribution in [0.3, 0.4) is 0 Å². The summed E-state index contributed by atoms with van der Waals surface area (Å²) in [4.78, 5) is 18.4. The van der Waals surface area contributed by atoms with Gasteiger partial charge in [0.2, 0.25) is 5.91 Å². The van der Waals surface area contributed by atoms with Crippen molar-refractivity contribution in [3.63, 3.8) is 0 Å². The van der Waals surface area contributed by atoms with E-state index in [9.17, 15) is 4.79 Å². The molecule has 0 spiro atoms. The fourth-order valence-corrected chi connectivity index (χ4v) is 4.45. The van der Waals surface area contributed by atoms with Gasteiger partial charge >= 0.3 is 0 Å². The zero-order chi connectivity index (χ0) is 17.6. The van der Waals surface area contributed by atoms with Crippen LogP contribution in [0.25, 0.3) is 10.1 Å². The highest BCUT2D eigenvalue weighted by molar-refractivity contribution is 7.17. The maximum absolute atomic E-state index is 11.4. The Kier molecular flexibility index (Phi) is 6.32. The van der Waals surface area contributed by atoms with Gasteiger partial charge in [-0.3, -0.25) is 9.69 Å². The SMILES string of the molecule is CCN(CCCCN1CCN(c2cccc3sccc23)CC1)C(C)=O. The first kappa shape index (κ1) is 18.2. The number of piperazine rings is 1. The molecule has 136 valence electrons. The molecule has 5 heteroatoms. The fourth-order valence-electron chi connectivity index (χ4n) is 3.64. The predicted octanol–water partition coefficient (Wildman–Crippen LogP) is 3.67. The highest BCUT2D eigenvalue weighted by Crippen LogP contribution is 2.31. The molecule has 1 saturated heterocycles. The fraction of sp³-hybridized carbons (Fsp3) is 0.550. The molecule has 4 nitrogen and oxygen atoms in total. The Bertz CT molecular complexity index is 691. The van der Waals surface area contributed by atoms with Gasteiger partial charge in [-0.1, -0.05) is 6.07 Å². The molecule has 1 aromatic carbocycles. The van der Waals surface area contributed by atoms with Crippen molar-refractivity contribution in [2.45, 2.75) is 26.7 Å². The molecule has 25 heavy (non-hydrogen) atoms. The number of carbonyl (C=O) groups excluding carboxylic acids is 1. The van der Waals surface area contributed by atoms with Gasteiger partial charge in [-0.2, -0.15) is 0 Å². The minimum atomic E-state index is 0.193. The summed E-state index contributed by atoms with van der Waals surface area (Å²) >= 11 is 1.82. The van der Waals surface area contributed by atoms with Crippen LogP contribution in [0.4, 0.5) is 5.69 Å². The molecule has 1 aliphatic rings. The molecule has 3 rings (SSSR count). The van der Waals surface area contributed by atoms with E-state index >= 15 is 0 Å². The van der Waals surface area contributed by atoms with Crippen LogP contribution in [0.5, 0.6) is 0 Å². The van der Waals surface area contributed by atoms with Crippen LogP contribution in [0, 0.1) is 0 Å². The second-order valence-electron chi connectivity index (χ2n) is 6.74. The van der Waals surface area contributed by atoms with Crippen LogP contribution in [0.1, 0.15) is 26.7 Å². The Morgan fingerprint density at radius 2 is 1.96 bits per heavy atom. The molecule has 0 saturated carbocycles. The smallest absolute Gasteiger partial charge is 0.219 e. The third-order valence-corrected chi connectivity index (χ3v) is 6.05. The number of anilines is 1. The molecule has 2 aromatic rings. The molecule has 1 aliphatic heterocycles. The average molecular weight is 360 g/mol. The quantitative estimate of drug-likeness (QED) is 0.706. The van der Waals surface area contributed by atoms with Crippen LogP contribution in [-0.2, 0) is 4.79 Å². The number of hydrogen-bond donors (Lipinski definition) is 0. The van der Waals surface area contributed by atoms with Gasteiger partial charge in [-0.05, 0) is 49.9 Å². The minimum Gasteiger partial charge on any atom is -0.368 e. The Morgan fingerprint density at radius 3 is 2.68 bits per heavy atom. The normalized spacial score (nSPS) is 15.7. The average Bonchev–Trinajstić information content (AvgIpc) is 3.11. The molecule has 0 radical (unpaired) electrons. The van der Waals surface area contributed by atoms with Gasteiger partial charge in [0.25, 0.3) is 0 Å². The van der Waals surface area contributed by atoms with Crippen LogP contribution >= 0.6 is 11.3 Å². The number of amides is 1. The zero-order valence-corrected chi connectivity index (χ0v) is 16.2. The lowest BCUT2D eigenvalue weighted by atomic mass is 10.1. The Labute approximate surface area is 155 Å². The van der Waals surface area contributed by atoms with Crippen LogP contribution < -0.4 is 4.90 Å². The Morgan fingerprint density at radius 1 is 1.16 bits per heavy atom. The molecule has 0 atom stereocenters. The van der Waals surface area contributed by atoms with Crippen molar-refractivity contribution in [1.29, 1.82) is 0 Å². The summed E-state index contributed by atoms with van der Waals surface area (Å²) in [5.41, 5.74) is 1.39. The number of unbranched alkanes of at least 4 members (excludes halogenated alkanes) is 1. The second-order valence-corrected chi connectivity index (χ2v) is 7.69. The lowest BCUT2D eigenvalue weighted by Crippen LogP contribution is -2.46. The molecule has 0 bridgehead atoms. The maximum atomic E-state index is 11.4. The number of thiophene rings is 1. The van der Waals surface area contributed by atoms with Crippen molar-refractivity contribution in [2.75, 3.05) is 50.7 Å². The molecule has 1 amide bonds. The van der Waals surface area contributed by atoms with E-state index < -0.39 is 0 Å². The largest absolute Gasteiger partial charge is 0.368 e. The van der Waals surface area contributed by atoms with E-state index in [1.54, 1.807) is 6.92 Å². The standard InChI is InChI=1S/C20H29N3OS/c1-3-22(17(2)24)11-5-4-10-21-12-14-23(15-13-21)19-7-6-8-20-18(19)9-16-25-20/h6-9,16H,3-5,10-15H2,1-2H3. The Hall–Kier alpha value is -1.59. The number of nitrogens with zero attached hydrogens (tertiary/aromatic N) is 3. The van der Waals surface area contributed by atoms with Crippen molar-refractivity contribution in [3.05, 3.63) is 29.6 Å². The van der Waals surface area contributed by atoms with E-state index in [1.165, 1.54) is 22.2 Å². The second kappa shape index (κ2) is 8.68.